The minimum absolute atomic E-state index is 7.38. The summed E-state index contributed by atoms with van der Waals surface area (Å²) >= 11 is -10.6. The van der Waals surface area contributed by atoms with Crippen LogP contribution in [-0.2, 0) is 11.3 Å². The Morgan fingerprint density at radius 2 is 0.444 bits per heavy atom. The molecule has 0 radical (unpaired) electrons. The van der Waals surface area contributed by atoms with Crippen molar-refractivity contribution in [3.05, 3.63) is 0 Å². The second-order valence-electron chi connectivity index (χ2n) is 1.69. The molecule has 0 spiro atoms. The third-order valence-electron chi connectivity index (χ3n) is 0. The van der Waals surface area contributed by atoms with Gasteiger partial charge < -0.3 is 0 Å². The van der Waals surface area contributed by atoms with Crippen LogP contribution < -0.4 is 0 Å². The summed E-state index contributed by atoms with van der Waals surface area (Å²) in [6.07, 6.45) is 0. The van der Waals surface area contributed by atoms with Crippen LogP contribution in [-0.4, -0.2) is 33.5 Å². The van der Waals surface area contributed by atoms with Crippen molar-refractivity contribution in [1.29, 1.82) is 0 Å². The van der Waals surface area contributed by atoms with E-state index in [-0.39, 0.29) is 0 Å². The van der Waals surface area contributed by atoms with Gasteiger partial charge in [0.1, 0.15) is 0 Å². The number of hydrogen-bond acceptors (Lipinski definition) is 8. The quantitative estimate of drug-likeness (QED) is 0.181. The molecule has 67 valence electrons. The first kappa shape index (κ1) is 9.20. The van der Waals surface area contributed by atoms with Crippen LogP contribution in [0.15, 0.2) is 0 Å². The minimum atomic E-state index is -10.6. The molecule has 0 aromatic carbocycles. The number of rotatable bonds is 0. The van der Waals surface area contributed by atoms with Crippen molar-refractivity contribution >= 4 is 0 Å². The zero-order valence-corrected chi connectivity index (χ0v) is 4.82. The average molecular weight is 200 g/mol. The van der Waals surface area contributed by atoms with Gasteiger partial charge >= 0.3 is 44.8 Å². The van der Waals surface area contributed by atoms with E-state index in [2.05, 4.69) is 0 Å². The molecule has 0 fully saturated rings. The molecule has 0 aromatic heterocycles. The maximum atomic E-state index is 7.38. The van der Waals surface area contributed by atoms with Crippen LogP contribution in [0.3, 0.4) is 0 Å². The van der Waals surface area contributed by atoms with E-state index in [1.807, 2.05) is 0 Å². The van der Waals surface area contributed by atoms with Crippen LogP contribution in [0.1, 0.15) is 0 Å². The molecule has 0 aliphatic rings. The van der Waals surface area contributed by atoms with Crippen molar-refractivity contribution in [3.8, 4) is 0 Å². The van der Waals surface area contributed by atoms with Gasteiger partial charge in [-0.15, -0.1) is 0 Å². The molecule has 0 rings (SSSR count). The van der Waals surface area contributed by atoms with Gasteiger partial charge in [0.15, 0.2) is 0 Å². The zero-order valence-electron chi connectivity index (χ0n) is 3.88. The molecule has 0 saturated heterocycles. The Balaban J connectivity index is 5.84. The predicted molar refractivity (Wildman–Crippen MR) is 17.8 cm³/mol. The predicted octanol–water partition coefficient (Wildman–Crippen LogP) is -4.46. The Hall–Kier alpha value is 0.199. The van der Waals surface area contributed by atoms with Crippen molar-refractivity contribution < 1.29 is 44.8 Å². The number of hydrogen-bond donors (Lipinski definition) is 8. The Kier molecular flexibility index (Phi) is 0.546. The van der Waals surface area contributed by atoms with Crippen molar-refractivity contribution in [3.63, 3.8) is 0 Å². The normalized spacial score (nSPS) is 31.1. The molecule has 0 bridgehead atoms. The van der Waals surface area contributed by atoms with Crippen LogP contribution in [0.4, 0.5) is 0 Å². The molecule has 0 atom stereocenters. The summed E-state index contributed by atoms with van der Waals surface area (Å²) in [6, 6.07) is 0. The Morgan fingerprint density at radius 1 is 0.444 bits per heavy atom. The monoisotopic (exact) mass is 199 g/mol. The second kappa shape index (κ2) is 0.534. The van der Waals surface area contributed by atoms with E-state index < -0.39 is 11.3 Å². The van der Waals surface area contributed by atoms with E-state index >= 15 is 0 Å². The van der Waals surface area contributed by atoms with Gasteiger partial charge in [0.25, 0.3) is 0 Å². The van der Waals surface area contributed by atoms with Crippen LogP contribution in [0.5, 0.6) is 0 Å². The molecule has 9 heteroatoms. The summed E-state index contributed by atoms with van der Waals surface area (Å²) in [4.78, 5) is 0. The van der Waals surface area contributed by atoms with Gasteiger partial charge in [-0.25, -0.2) is 0 Å². The second-order valence-corrected chi connectivity index (χ2v) is 6.96. The molecule has 0 heterocycles. The Labute approximate surface area is 45.7 Å². The van der Waals surface area contributed by atoms with E-state index in [1.54, 1.807) is 0 Å². The first-order valence-corrected chi connectivity index (χ1v) is 4.45. The third kappa shape index (κ3) is 7920. The molecule has 0 unspecified atom stereocenters. The Morgan fingerprint density at radius 3 is 0.444 bits per heavy atom. The molecule has 0 aromatic rings. The fourth-order valence-corrected chi connectivity index (χ4v) is 0. The van der Waals surface area contributed by atoms with Crippen LogP contribution in [0.2, 0.25) is 0 Å². The van der Waals surface area contributed by atoms with E-state index in [4.69, 9.17) is 33.5 Å². The molecule has 0 amide bonds. The van der Waals surface area contributed by atoms with Crippen molar-refractivity contribution in [1.82, 2.24) is 0 Å². The summed E-state index contributed by atoms with van der Waals surface area (Å²) < 4.78 is 59.1. The molecule has 0 aliphatic heterocycles. The standard InChI is InChI=1S/Cu.8H2O/h;8*1H2/q+8;;;;;;;;/p-8. The molecular weight excluding hydrogens is 192 g/mol. The first-order valence-electron chi connectivity index (χ1n) is 1.08. The maximum absolute atomic E-state index is 10.6. The van der Waals surface area contributed by atoms with Gasteiger partial charge in [0, 0.05) is 0 Å². The van der Waals surface area contributed by atoms with Crippen molar-refractivity contribution in [2.24, 2.45) is 0 Å². The van der Waals surface area contributed by atoms with Crippen molar-refractivity contribution in [2.45, 2.75) is 0 Å². The summed E-state index contributed by atoms with van der Waals surface area (Å²) in [5, 5.41) is 0. The first-order chi connectivity index (χ1) is 2.83. The van der Waals surface area contributed by atoms with Gasteiger partial charge in [0.2, 0.25) is 0 Å². The van der Waals surface area contributed by atoms with E-state index in [1.165, 1.54) is 0 Å². The summed E-state index contributed by atoms with van der Waals surface area (Å²) in [5.74, 6) is 0. The fraction of sp³-hybridized carbons (Fsp3) is 0. The van der Waals surface area contributed by atoms with Gasteiger partial charge in [-0.1, -0.05) is 0 Å². The molecule has 8 N–H and O–H groups in total. The van der Waals surface area contributed by atoms with Gasteiger partial charge in [-0.2, -0.15) is 0 Å². The Bertz CT molecular complexity index is 139. The topological polar surface area (TPSA) is 162 Å². The van der Waals surface area contributed by atoms with Crippen LogP contribution in [0.25, 0.3) is 0 Å². The van der Waals surface area contributed by atoms with E-state index in [0.717, 1.165) is 0 Å². The molecule has 0 saturated carbocycles. The summed E-state index contributed by atoms with van der Waals surface area (Å²) in [7, 11) is 0. The summed E-state index contributed by atoms with van der Waals surface area (Å²) in [6.45, 7) is 0. The molecule has 9 heavy (non-hydrogen) atoms. The van der Waals surface area contributed by atoms with Gasteiger partial charge in [-0.05, 0) is 0 Å². The van der Waals surface area contributed by atoms with Crippen LogP contribution in [0, 0.1) is 0 Å². The van der Waals surface area contributed by atoms with Gasteiger partial charge in [-0.3, -0.25) is 0 Å². The molecule has 0 aliphatic carbocycles. The van der Waals surface area contributed by atoms with Gasteiger partial charge in [0.05, 0.1) is 0 Å². The van der Waals surface area contributed by atoms with Crippen molar-refractivity contribution in [2.75, 3.05) is 0 Å². The fourth-order valence-electron chi connectivity index (χ4n) is 0. The summed E-state index contributed by atoms with van der Waals surface area (Å²) in [5.41, 5.74) is 0. The third-order valence-corrected chi connectivity index (χ3v) is 0. The SMILES string of the molecule is [OH][Cu]([OH])([OH])([OH])([OH])([OH])([OH])[OH]. The zero-order chi connectivity index (χ0) is 8.35. The van der Waals surface area contributed by atoms with Crippen LogP contribution >= 0.6 is 0 Å². The molecule has 8 nitrogen and oxygen atoms in total. The van der Waals surface area contributed by atoms with E-state index in [9.17, 15) is 0 Å². The average Bonchev–Trinajstić information content (AvgIpc) is 0.503. The molecular formula is H8CuO8. The van der Waals surface area contributed by atoms with E-state index in [0.29, 0.717) is 0 Å².